The molecule has 1 aromatic rings. The molecule has 1 heterocycles. The summed E-state index contributed by atoms with van der Waals surface area (Å²) < 4.78 is 11.4. The lowest BCUT2D eigenvalue weighted by Crippen LogP contribution is -2.22. The van der Waals surface area contributed by atoms with Crippen LogP contribution in [0.2, 0.25) is 0 Å². The summed E-state index contributed by atoms with van der Waals surface area (Å²) in [5, 5.41) is 3.50. The number of para-hydroxylation sites is 2. The first-order valence-electron chi connectivity index (χ1n) is 7.45. The maximum atomic E-state index is 5.88. The highest BCUT2D eigenvalue weighted by molar-refractivity contribution is 5.39. The normalized spacial score (nSPS) is 19.7. The Labute approximate surface area is 116 Å². The van der Waals surface area contributed by atoms with E-state index < -0.39 is 0 Å². The van der Waals surface area contributed by atoms with Crippen LogP contribution in [0.5, 0.6) is 11.5 Å². The van der Waals surface area contributed by atoms with Gasteiger partial charge in [-0.25, -0.2) is 0 Å². The van der Waals surface area contributed by atoms with Crippen LogP contribution in [-0.4, -0.2) is 26.3 Å². The first kappa shape index (κ1) is 14.2. The Bertz CT molecular complexity index is 360. The van der Waals surface area contributed by atoms with Gasteiger partial charge in [0.05, 0.1) is 13.2 Å². The van der Waals surface area contributed by atoms with Crippen LogP contribution < -0.4 is 14.8 Å². The molecule has 0 amide bonds. The van der Waals surface area contributed by atoms with Crippen molar-refractivity contribution in [3.05, 3.63) is 24.3 Å². The smallest absolute Gasteiger partial charge is 0.161 e. The fraction of sp³-hybridized carbons (Fsp3) is 0.625. The van der Waals surface area contributed by atoms with Crippen molar-refractivity contribution >= 4 is 0 Å². The third kappa shape index (κ3) is 4.75. The van der Waals surface area contributed by atoms with E-state index in [0.29, 0.717) is 6.61 Å². The van der Waals surface area contributed by atoms with E-state index in [2.05, 4.69) is 5.32 Å². The predicted molar refractivity (Wildman–Crippen MR) is 77.9 cm³/mol. The van der Waals surface area contributed by atoms with Crippen LogP contribution in [0, 0.1) is 5.92 Å². The molecule has 1 aliphatic rings. The van der Waals surface area contributed by atoms with Crippen molar-refractivity contribution in [2.45, 2.75) is 32.6 Å². The van der Waals surface area contributed by atoms with Gasteiger partial charge in [-0.1, -0.05) is 18.6 Å². The van der Waals surface area contributed by atoms with Gasteiger partial charge in [0.2, 0.25) is 0 Å². The highest BCUT2D eigenvalue weighted by Gasteiger charge is 2.12. The number of nitrogens with one attached hydrogen (secondary N) is 1. The van der Waals surface area contributed by atoms with Crippen molar-refractivity contribution in [3.63, 3.8) is 0 Å². The van der Waals surface area contributed by atoms with Gasteiger partial charge in [-0.15, -0.1) is 0 Å². The average Bonchev–Trinajstić information content (AvgIpc) is 2.70. The first-order chi connectivity index (χ1) is 9.40. The molecule has 1 atom stereocenters. The van der Waals surface area contributed by atoms with Gasteiger partial charge in [0, 0.05) is 0 Å². The highest BCUT2D eigenvalue weighted by Crippen LogP contribution is 2.27. The number of ether oxygens (including phenoxy) is 2. The van der Waals surface area contributed by atoms with Gasteiger partial charge < -0.3 is 14.8 Å². The van der Waals surface area contributed by atoms with E-state index in [4.69, 9.17) is 9.47 Å². The summed E-state index contributed by atoms with van der Waals surface area (Å²) in [4.78, 5) is 0. The maximum Gasteiger partial charge on any atom is 0.161 e. The molecule has 1 fully saturated rings. The molecule has 3 heteroatoms. The predicted octanol–water partition coefficient (Wildman–Crippen LogP) is 3.24. The van der Waals surface area contributed by atoms with E-state index in [0.717, 1.165) is 37.0 Å². The van der Waals surface area contributed by atoms with Gasteiger partial charge in [0.1, 0.15) is 0 Å². The van der Waals surface area contributed by atoms with Crippen LogP contribution in [-0.2, 0) is 0 Å². The second-order valence-corrected chi connectivity index (χ2v) is 5.08. The van der Waals surface area contributed by atoms with E-state index >= 15 is 0 Å². The zero-order chi connectivity index (χ0) is 13.3. The van der Waals surface area contributed by atoms with E-state index in [-0.39, 0.29) is 0 Å². The summed E-state index contributed by atoms with van der Waals surface area (Å²) in [6.07, 6.45) is 5.09. The summed E-state index contributed by atoms with van der Waals surface area (Å²) in [5.74, 6) is 2.47. The van der Waals surface area contributed by atoms with Crippen LogP contribution in [0.1, 0.15) is 32.6 Å². The molecular weight excluding hydrogens is 238 g/mol. The third-order valence-electron chi connectivity index (χ3n) is 3.58. The Kier molecular flexibility index (Phi) is 6.02. The van der Waals surface area contributed by atoms with E-state index in [1.165, 1.54) is 25.8 Å². The van der Waals surface area contributed by atoms with Crippen molar-refractivity contribution < 1.29 is 9.47 Å². The molecule has 0 spiro atoms. The molecule has 106 valence electrons. The quantitative estimate of drug-likeness (QED) is 0.854. The highest BCUT2D eigenvalue weighted by atomic mass is 16.5. The van der Waals surface area contributed by atoms with Crippen LogP contribution >= 0.6 is 0 Å². The van der Waals surface area contributed by atoms with Crippen LogP contribution in [0.25, 0.3) is 0 Å². The van der Waals surface area contributed by atoms with Crippen molar-refractivity contribution in [3.8, 4) is 11.5 Å². The molecule has 0 bridgehead atoms. The fourth-order valence-electron chi connectivity index (χ4n) is 2.52. The number of hydrogen-bond acceptors (Lipinski definition) is 3. The standard InChI is InChI=1S/C16H25NO2/c1-2-18-15-8-3-4-9-16(15)19-12-10-14-7-5-6-11-17-13-14/h3-4,8-9,14,17H,2,5-7,10-13H2,1H3. The molecule has 1 aromatic carbocycles. The number of hydrogen-bond donors (Lipinski definition) is 1. The lowest BCUT2D eigenvalue weighted by molar-refractivity contribution is 0.251. The summed E-state index contributed by atoms with van der Waals surface area (Å²) in [6, 6.07) is 7.92. The summed E-state index contributed by atoms with van der Waals surface area (Å²) in [5.41, 5.74) is 0. The topological polar surface area (TPSA) is 30.5 Å². The van der Waals surface area contributed by atoms with Crippen LogP contribution in [0.3, 0.4) is 0 Å². The number of benzene rings is 1. The van der Waals surface area contributed by atoms with E-state index in [9.17, 15) is 0 Å². The molecule has 0 aromatic heterocycles. The molecule has 1 unspecified atom stereocenters. The molecule has 0 radical (unpaired) electrons. The second kappa shape index (κ2) is 8.05. The molecule has 3 nitrogen and oxygen atoms in total. The molecule has 2 rings (SSSR count). The van der Waals surface area contributed by atoms with Crippen molar-refractivity contribution in [2.24, 2.45) is 5.92 Å². The molecular formula is C16H25NO2. The first-order valence-corrected chi connectivity index (χ1v) is 7.45. The van der Waals surface area contributed by atoms with Gasteiger partial charge in [0.25, 0.3) is 0 Å². The zero-order valence-electron chi connectivity index (χ0n) is 11.9. The molecule has 1 saturated heterocycles. The Morgan fingerprint density at radius 2 is 1.95 bits per heavy atom. The minimum atomic E-state index is 0.674. The molecule has 19 heavy (non-hydrogen) atoms. The van der Waals surface area contributed by atoms with Gasteiger partial charge in [0.15, 0.2) is 11.5 Å². The average molecular weight is 263 g/mol. The SMILES string of the molecule is CCOc1ccccc1OCCC1CCCCNC1. The second-order valence-electron chi connectivity index (χ2n) is 5.08. The Morgan fingerprint density at radius 1 is 1.16 bits per heavy atom. The molecule has 1 N–H and O–H groups in total. The van der Waals surface area contributed by atoms with Crippen molar-refractivity contribution in [1.29, 1.82) is 0 Å². The summed E-state index contributed by atoms with van der Waals surface area (Å²) in [6.45, 7) is 5.75. The van der Waals surface area contributed by atoms with Gasteiger partial charge >= 0.3 is 0 Å². The van der Waals surface area contributed by atoms with Crippen molar-refractivity contribution in [1.82, 2.24) is 5.32 Å². The van der Waals surface area contributed by atoms with E-state index in [1.807, 2.05) is 31.2 Å². The minimum absolute atomic E-state index is 0.674. The van der Waals surface area contributed by atoms with Crippen molar-refractivity contribution in [2.75, 3.05) is 26.3 Å². The summed E-state index contributed by atoms with van der Waals surface area (Å²) >= 11 is 0. The molecule has 1 aliphatic heterocycles. The monoisotopic (exact) mass is 263 g/mol. The number of rotatable bonds is 6. The van der Waals surface area contributed by atoms with Crippen LogP contribution in [0.15, 0.2) is 24.3 Å². The maximum absolute atomic E-state index is 5.88. The minimum Gasteiger partial charge on any atom is -0.490 e. The fourth-order valence-corrected chi connectivity index (χ4v) is 2.52. The Balaban J connectivity index is 1.78. The third-order valence-corrected chi connectivity index (χ3v) is 3.58. The summed E-state index contributed by atoms with van der Waals surface area (Å²) in [7, 11) is 0. The lowest BCUT2D eigenvalue weighted by atomic mass is 10.0. The molecule has 0 saturated carbocycles. The van der Waals surface area contributed by atoms with Crippen LogP contribution in [0.4, 0.5) is 0 Å². The Morgan fingerprint density at radius 3 is 2.74 bits per heavy atom. The molecule has 0 aliphatic carbocycles. The van der Waals surface area contributed by atoms with Gasteiger partial charge in [-0.2, -0.15) is 0 Å². The lowest BCUT2D eigenvalue weighted by Gasteiger charge is -2.16. The zero-order valence-corrected chi connectivity index (χ0v) is 11.9. The Hall–Kier alpha value is -1.22. The van der Waals surface area contributed by atoms with E-state index in [1.54, 1.807) is 0 Å². The largest absolute Gasteiger partial charge is 0.490 e. The van der Waals surface area contributed by atoms with Gasteiger partial charge in [-0.3, -0.25) is 0 Å². The van der Waals surface area contributed by atoms with Gasteiger partial charge in [-0.05, 0) is 57.3 Å².